The number of hydrogen-bond acceptors (Lipinski definition) is 3. The Morgan fingerprint density at radius 3 is 2.32 bits per heavy atom. The zero-order chi connectivity index (χ0) is 15.2. The van der Waals surface area contributed by atoms with Gasteiger partial charge in [0.15, 0.2) is 0 Å². The summed E-state index contributed by atoms with van der Waals surface area (Å²) < 4.78 is 0. The lowest BCUT2D eigenvalue weighted by Gasteiger charge is -2.35. The van der Waals surface area contributed by atoms with E-state index in [1.165, 1.54) is 5.69 Å². The van der Waals surface area contributed by atoms with Gasteiger partial charge in [-0.25, -0.2) is 0 Å². The first-order valence-electron chi connectivity index (χ1n) is 7.50. The lowest BCUT2D eigenvalue weighted by Crippen LogP contribution is -2.48. The van der Waals surface area contributed by atoms with Gasteiger partial charge in [-0.05, 0) is 23.8 Å². The Morgan fingerprint density at radius 2 is 1.64 bits per heavy atom. The summed E-state index contributed by atoms with van der Waals surface area (Å²) in [5, 5.41) is 0. The van der Waals surface area contributed by atoms with E-state index in [1.807, 2.05) is 53.4 Å². The van der Waals surface area contributed by atoms with Gasteiger partial charge in [0, 0.05) is 50.3 Å². The molecule has 1 saturated heterocycles. The van der Waals surface area contributed by atoms with E-state index in [0.29, 0.717) is 0 Å². The summed E-state index contributed by atoms with van der Waals surface area (Å²) in [6.45, 7) is 3.21. The van der Waals surface area contributed by atoms with E-state index in [0.717, 1.165) is 31.7 Å². The number of hydrogen-bond donors (Lipinski definition) is 0. The number of carbonyl (C=O) groups is 1. The third-order valence-corrected chi connectivity index (χ3v) is 3.84. The van der Waals surface area contributed by atoms with Gasteiger partial charge < -0.3 is 9.80 Å². The van der Waals surface area contributed by atoms with E-state index in [4.69, 9.17) is 0 Å². The van der Waals surface area contributed by atoms with E-state index in [2.05, 4.69) is 9.88 Å². The predicted molar refractivity (Wildman–Crippen MR) is 88.5 cm³/mol. The second-order valence-electron chi connectivity index (χ2n) is 5.26. The van der Waals surface area contributed by atoms with E-state index in [9.17, 15) is 4.79 Å². The predicted octanol–water partition coefficient (Wildman–Crippen LogP) is 2.44. The number of carbonyl (C=O) groups excluding carboxylic acids is 1. The Hall–Kier alpha value is -2.62. The molecule has 22 heavy (non-hydrogen) atoms. The second-order valence-corrected chi connectivity index (χ2v) is 5.26. The molecule has 3 rings (SSSR count). The monoisotopic (exact) mass is 293 g/mol. The normalized spacial score (nSPS) is 15.3. The summed E-state index contributed by atoms with van der Waals surface area (Å²) in [6.07, 6.45) is 7.14. The molecule has 0 aliphatic carbocycles. The number of anilines is 1. The number of piperazine rings is 1. The van der Waals surface area contributed by atoms with Crippen LogP contribution in [0.25, 0.3) is 6.08 Å². The molecule has 112 valence electrons. The van der Waals surface area contributed by atoms with Gasteiger partial charge in [0.05, 0.1) is 0 Å². The fraction of sp³-hybridized carbons (Fsp3) is 0.222. The van der Waals surface area contributed by atoms with Crippen LogP contribution in [0.15, 0.2) is 60.9 Å². The molecule has 1 amide bonds. The summed E-state index contributed by atoms with van der Waals surface area (Å²) in [6, 6.07) is 13.9. The molecule has 2 heterocycles. The van der Waals surface area contributed by atoms with Crippen LogP contribution >= 0.6 is 0 Å². The van der Waals surface area contributed by atoms with Crippen molar-refractivity contribution in [2.24, 2.45) is 0 Å². The summed E-state index contributed by atoms with van der Waals surface area (Å²) in [4.78, 5) is 20.4. The molecule has 1 aliphatic heterocycles. The number of nitrogens with zero attached hydrogens (tertiary/aromatic N) is 3. The number of benzene rings is 1. The molecule has 1 aromatic carbocycles. The standard InChI is InChI=1S/C18H19N3O/c22-18(7-6-16-4-2-1-3-5-16)21-14-12-20(13-15-21)17-8-10-19-11-9-17/h1-11H,12-15H2/b7-6+. The van der Waals surface area contributed by atoms with Gasteiger partial charge in [-0.2, -0.15) is 0 Å². The minimum atomic E-state index is 0.0817. The van der Waals surface area contributed by atoms with Crippen molar-refractivity contribution in [3.05, 3.63) is 66.5 Å². The molecule has 2 aromatic rings. The molecule has 1 fully saturated rings. The van der Waals surface area contributed by atoms with Crippen molar-refractivity contribution in [1.82, 2.24) is 9.88 Å². The van der Waals surface area contributed by atoms with Crippen LogP contribution in [-0.4, -0.2) is 42.0 Å². The van der Waals surface area contributed by atoms with Crippen molar-refractivity contribution in [1.29, 1.82) is 0 Å². The van der Waals surface area contributed by atoms with Crippen LogP contribution in [0.5, 0.6) is 0 Å². The lowest BCUT2D eigenvalue weighted by molar-refractivity contribution is -0.126. The highest BCUT2D eigenvalue weighted by molar-refractivity contribution is 5.91. The zero-order valence-electron chi connectivity index (χ0n) is 12.4. The highest BCUT2D eigenvalue weighted by Gasteiger charge is 2.19. The van der Waals surface area contributed by atoms with Gasteiger partial charge in [-0.1, -0.05) is 30.3 Å². The quantitative estimate of drug-likeness (QED) is 0.816. The van der Waals surface area contributed by atoms with E-state index < -0.39 is 0 Å². The fourth-order valence-corrected chi connectivity index (χ4v) is 2.58. The number of pyridine rings is 1. The fourth-order valence-electron chi connectivity index (χ4n) is 2.58. The first-order chi connectivity index (χ1) is 10.8. The van der Waals surface area contributed by atoms with Gasteiger partial charge in [0.25, 0.3) is 0 Å². The molecular formula is C18H19N3O. The SMILES string of the molecule is O=C(/C=C/c1ccccc1)N1CCN(c2ccncc2)CC1. The molecule has 0 bridgehead atoms. The van der Waals surface area contributed by atoms with Crippen molar-refractivity contribution < 1.29 is 4.79 Å². The Bertz CT molecular complexity index is 632. The Kier molecular flexibility index (Phi) is 4.49. The zero-order valence-corrected chi connectivity index (χ0v) is 12.4. The van der Waals surface area contributed by atoms with Crippen LogP contribution in [0.1, 0.15) is 5.56 Å². The molecule has 4 nitrogen and oxygen atoms in total. The van der Waals surface area contributed by atoms with Crippen molar-refractivity contribution in [3.63, 3.8) is 0 Å². The lowest BCUT2D eigenvalue weighted by atomic mass is 10.2. The van der Waals surface area contributed by atoms with Gasteiger partial charge >= 0.3 is 0 Å². The van der Waals surface area contributed by atoms with Crippen LogP contribution in [-0.2, 0) is 4.79 Å². The Labute approximate surface area is 130 Å². The van der Waals surface area contributed by atoms with Crippen LogP contribution in [0.2, 0.25) is 0 Å². The smallest absolute Gasteiger partial charge is 0.246 e. The Morgan fingerprint density at radius 1 is 0.955 bits per heavy atom. The molecule has 0 saturated carbocycles. The van der Waals surface area contributed by atoms with Crippen molar-refractivity contribution >= 4 is 17.7 Å². The van der Waals surface area contributed by atoms with E-state index in [-0.39, 0.29) is 5.91 Å². The minimum Gasteiger partial charge on any atom is -0.368 e. The molecule has 1 aliphatic rings. The van der Waals surface area contributed by atoms with Gasteiger partial charge in [-0.15, -0.1) is 0 Å². The largest absolute Gasteiger partial charge is 0.368 e. The molecule has 0 N–H and O–H groups in total. The molecule has 0 unspecified atom stereocenters. The molecule has 4 heteroatoms. The summed E-state index contributed by atoms with van der Waals surface area (Å²) in [5.74, 6) is 0.0817. The van der Waals surface area contributed by atoms with E-state index in [1.54, 1.807) is 18.5 Å². The minimum absolute atomic E-state index is 0.0817. The van der Waals surface area contributed by atoms with Crippen molar-refractivity contribution in [2.45, 2.75) is 0 Å². The summed E-state index contributed by atoms with van der Waals surface area (Å²) in [7, 11) is 0. The first kappa shape index (κ1) is 14.3. The number of rotatable bonds is 3. The highest BCUT2D eigenvalue weighted by Crippen LogP contribution is 2.15. The maximum atomic E-state index is 12.2. The highest BCUT2D eigenvalue weighted by atomic mass is 16.2. The average molecular weight is 293 g/mol. The Balaban J connectivity index is 1.55. The first-order valence-corrected chi connectivity index (χ1v) is 7.50. The van der Waals surface area contributed by atoms with Crippen molar-refractivity contribution in [2.75, 3.05) is 31.1 Å². The van der Waals surface area contributed by atoms with Crippen LogP contribution in [0.4, 0.5) is 5.69 Å². The van der Waals surface area contributed by atoms with Crippen LogP contribution in [0.3, 0.4) is 0 Å². The summed E-state index contributed by atoms with van der Waals surface area (Å²) in [5.41, 5.74) is 2.22. The molecule has 0 spiro atoms. The third kappa shape index (κ3) is 3.52. The molecule has 1 aromatic heterocycles. The maximum Gasteiger partial charge on any atom is 0.246 e. The van der Waals surface area contributed by atoms with E-state index >= 15 is 0 Å². The maximum absolute atomic E-state index is 12.2. The van der Waals surface area contributed by atoms with Gasteiger partial charge in [0.1, 0.15) is 0 Å². The number of aromatic nitrogens is 1. The van der Waals surface area contributed by atoms with Crippen molar-refractivity contribution in [3.8, 4) is 0 Å². The molecule has 0 radical (unpaired) electrons. The third-order valence-electron chi connectivity index (χ3n) is 3.84. The average Bonchev–Trinajstić information content (AvgIpc) is 2.61. The second kappa shape index (κ2) is 6.89. The van der Waals surface area contributed by atoms with Crippen LogP contribution < -0.4 is 4.90 Å². The van der Waals surface area contributed by atoms with Crippen LogP contribution in [0, 0.1) is 0 Å². The number of amides is 1. The summed E-state index contributed by atoms with van der Waals surface area (Å²) >= 11 is 0. The van der Waals surface area contributed by atoms with Gasteiger partial charge in [0.2, 0.25) is 5.91 Å². The molecule has 0 atom stereocenters. The van der Waals surface area contributed by atoms with Gasteiger partial charge in [-0.3, -0.25) is 9.78 Å². The topological polar surface area (TPSA) is 36.4 Å². The molecular weight excluding hydrogens is 274 g/mol.